The molecule has 0 spiro atoms. The van der Waals surface area contributed by atoms with E-state index < -0.39 is 16.4 Å². The predicted octanol–water partition coefficient (Wildman–Crippen LogP) is 2.80. The van der Waals surface area contributed by atoms with Crippen molar-refractivity contribution in [3.05, 3.63) is 56.6 Å². The number of rotatable bonds is 4. The van der Waals surface area contributed by atoms with Gasteiger partial charge in [0.15, 0.2) is 5.78 Å². The molecular weight excluding hydrogens is 277 g/mol. The third kappa shape index (κ3) is 2.81. The second kappa shape index (κ2) is 5.43. The van der Waals surface area contributed by atoms with Gasteiger partial charge in [-0.2, -0.15) is 9.49 Å². The Kier molecular flexibility index (Phi) is 3.84. The summed E-state index contributed by atoms with van der Waals surface area (Å²) in [5.74, 6) is -0.961. The third-order valence-corrected chi connectivity index (χ3v) is 3.27. The standard InChI is InChI=1S/C14H14FN3O3/c1-8-14(10(3)19)9(2)17(16-8)7-11-4-5-13(18(20)21)12(15)6-11/h4-6H,7H2,1-3H3. The van der Waals surface area contributed by atoms with Gasteiger partial charge in [-0.05, 0) is 32.4 Å². The number of carbonyl (C=O) groups excluding carboxylic acids is 1. The number of carbonyl (C=O) groups is 1. The molecule has 0 aliphatic carbocycles. The zero-order valence-corrected chi connectivity index (χ0v) is 11.9. The van der Waals surface area contributed by atoms with Gasteiger partial charge < -0.3 is 0 Å². The quantitative estimate of drug-likeness (QED) is 0.493. The number of nitro benzene ring substituents is 1. The Morgan fingerprint density at radius 2 is 2.10 bits per heavy atom. The molecule has 0 amide bonds. The van der Waals surface area contributed by atoms with E-state index in [4.69, 9.17) is 0 Å². The number of halogens is 1. The largest absolute Gasteiger partial charge is 0.304 e. The molecule has 110 valence electrons. The fourth-order valence-corrected chi connectivity index (χ4v) is 2.33. The summed E-state index contributed by atoms with van der Waals surface area (Å²) in [6.45, 7) is 5.21. The summed E-state index contributed by atoms with van der Waals surface area (Å²) in [6.07, 6.45) is 0. The number of hydrogen-bond acceptors (Lipinski definition) is 4. The van der Waals surface area contributed by atoms with E-state index in [1.54, 1.807) is 18.5 Å². The molecule has 0 saturated carbocycles. The first-order valence-electron chi connectivity index (χ1n) is 6.29. The third-order valence-electron chi connectivity index (χ3n) is 3.27. The van der Waals surface area contributed by atoms with Crippen molar-refractivity contribution in [3.63, 3.8) is 0 Å². The van der Waals surface area contributed by atoms with Crippen LogP contribution in [-0.4, -0.2) is 20.5 Å². The van der Waals surface area contributed by atoms with Crippen LogP contribution in [0.5, 0.6) is 0 Å². The van der Waals surface area contributed by atoms with Crippen LogP contribution < -0.4 is 0 Å². The highest BCUT2D eigenvalue weighted by molar-refractivity contribution is 5.96. The van der Waals surface area contributed by atoms with Crippen LogP contribution in [0, 0.1) is 29.8 Å². The molecule has 7 heteroatoms. The van der Waals surface area contributed by atoms with Gasteiger partial charge in [-0.1, -0.05) is 6.07 Å². The Bertz CT molecular complexity index is 737. The predicted molar refractivity (Wildman–Crippen MR) is 73.9 cm³/mol. The number of benzene rings is 1. The topological polar surface area (TPSA) is 78.0 Å². The molecule has 0 aliphatic rings. The molecule has 0 atom stereocenters. The molecule has 21 heavy (non-hydrogen) atoms. The van der Waals surface area contributed by atoms with E-state index in [1.807, 2.05) is 0 Å². The molecule has 1 aromatic heterocycles. The summed E-state index contributed by atoms with van der Waals surface area (Å²) in [5.41, 5.74) is 1.84. The highest BCUT2D eigenvalue weighted by atomic mass is 19.1. The van der Waals surface area contributed by atoms with Crippen molar-refractivity contribution in [2.45, 2.75) is 27.3 Å². The Hall–Kier alpha value is -2.57. The van der Waals surface area contributed by atoms with E-state index >= 15 is 0 Å². The van der Waals surface area contributed by atoms with Gasteiger partial charge in [0.2, 0.25) is 5.82 Å². The van der Waals surface area contributed by atoms with Gasteiger partial charge in [0.05, 0.1) is 22.7 Å². The van der Waals surface area contributed by atoms with Gasteiger partial charge in [-0.15, -0.1) is 0 Å². The normalized spacial score (nSPS) is 10.7. The first-order chi connectivity index (χ1) is 9.81. The maximum Gasteiger partial charge on any atom is 0.304 e. The summed E-state index contributed by atoms with van der Waals surface area (Å²) < 4.78 is 15.2. The maximum absolute atomic E-state index is 13.6. The van der Waals surface area contributed by atoms with Crippen molar-refractivity contribution < 1.29 is 14.1 Å². The van der Waals surface area contributed by atoms with Crippen LogP contribution in [0.15, 0.2) is 18.2 Å². The van der Waals surface area contributed by atoms with Crippen LogP contribution in [0.1, 0.15) is 34.2 Å². The van der Waals surface area contributed by atoms with E-state index in [2.05, 4.69) is 5.10 Å². The molecule has 1 heterocycles. The smallest absolute Gasteiger partial charge is 0.294 e. The number of aromatic nitrogens is 2. The van der Waals surface area contributed by atoms with E-state index in [0.29, 0.717) is 22.5 Å². The second-order valence-corrected chi connectivity index (χ2v) is 4.80. The average Bonchev–Trinajstić information content (AvgIpc) is 2.63. The lowest BCUT2D eigenvalue weighted by atomic mass is 10.1. The van der Waals surface area contributed by atoms with Crippen LogP contribution in [0.4, 0.5) is 10.1 Å². The minimum absolute atomic E-state index is 0.0777. The SMILES string of the molecule is CC(=O)c1c(C)nn(Cc2ccc([N+](=O)[O-])c(F)c2)c1C. The van der Waals surface area contributed by atoms with E-state index in [-0.39, 0.29) is 12.3 Å². The van der Waals surface area contributed by atoms with Crippen LogP contribution in [0.2, 0.25) is 0 Å². The monoisotopic (exact) mass is 291 g/mol. The molecule has 0 bridgehead atoms. The zero-order valence-electron chi connectivity index (χ0n) is 11.9. The van der Waals surface area contributed by atoms with Crippen molar-refractivity contribution >= 4 is 11.5 Å². The fourth-order valence-electron chi connectivity index (χ4n) is 2.33. The minimum Gasteiger partial charge on any atom is -0.294 e. The van der Waals surface area contributed by atoms with Gasteiger partial charge in [0, 0.05) is 11.8 Å². The molecule has 2 rings (SSSR count). The molecule has 0 saturated heterocycles. The van der Waals surface area contributed by atoms with E-state index in [0.717, 1.165) is 12.1 Å². The average molecular weight is 291 g/mol. The minimum atomic E-state index is -0.883. The lowest BCUT2D eigenvalue weighted by molar-refractivity contribution is -0.387. The van der Waals surface area contributed by atoms with Crippen LogP contribution in [0.3, 0.4) is 0 Å². The second-order valence-electron chi connectivity index (χ2n) is 4.80. The number of ketones is 1. The molecule has 0 N–H and O–H groups in total. The van der Waals surface area contributed by atoms with Gasteiger partial charge in [0.1, 0.15) is 0 Å². The molecular formula is C14H14FN3O3. The highest BCUT2D eigenvalue weighted by Crippen LogP contribution is 2.20. The summed E-state index contributed by atoms with van der Waals surface area (Å²) >= 11 is 0. The number of hydrogen-bond donors (Lipinski definition) is 0. The number of nitro groups is 1. The van der Waals surface area contributed by atoms with E-state index in [1.165, 1.54) is 13.0 Å². The first kappa shape index (κ1) is 14.8. The molecule has 1 aromatic carbocycles. The lowest BCUT2D eigenvalue weighted by Gasteiger charge is -2.05. The Labute approximate surface area is 120 Å². The number of nitrogens with zero attached hydrogens (tertiary/aromatic N) is 3. The van der Waals surface area contributed by atoms with Gasteiger partial charge in [-0.25, -0.2) is 0 Å². The van der Waals surface area contributed by atoms with Crippen LogP contribution >= 0.6 is 0 Å². The molecule has 0 radical (unpaired) electrons. The fraction of sp³-hybridized carbons (Fsp3) is 0.286. The summed E-state index contributed by atoms with van der Waals surface area (Å²) in [5, 5.41) is 14.8. The van der Waals surface area contributed by atoms with Gasteiger partial charge in [0.25, 0.3) is 0 Å². The molecule has 0 aliphatic heterocycles. The Morgan fingerprint density at radius 3 is 2.57 bits per heavy atom. The van der Waals surface area contributed by atoms with Crippen molar-refractivity contribution in [1.82, 2.24) is 9.78 Å². The lowest BCUT2D eigenvalue weighted by Crippen LogP contribution is -2.06. The van der Waals surface area contributed by atoms with Crippen molar-refractivity contribution in [3.8, 4) is 0 Å². The molecule has 2 aromatic rings. The summed E-state index contributed by atoms with van der Waals surface area (Å²) in [4.78, 5) is 21.3. The summed E-state index contributed by atoms with van der Waals surface area (Å²) in [6, 6.07) is 3.72. The molecule has 6 nitrogen and oxygen atoms in total. The Balaban J connectivity index is 2.35. The molecule has 0 unspecified atom stereocenters. The molecule has 0 fully saturated rings. The van der Waals surface area contributed by atoms with Crippen molar-refractivity contribution in [1.29, 1.82) is 0 Å². The Morgan fingerprint density at radius 1 is 1.43 bits per heavy atom. The van der Waals surface area contributed by atoms with Crippen molar-refractivity contribution in [2.24, 2.45) is 0 Å². The first-order valence-corrected chi connectivity index (χ1v) is 6.29. The van der Waals surface area contributed by atoms with E-state index in [9.17, 15) is 19.3 Å². The summed E-state index contributed by atoms with van der Waals surface area (Å²) in [7, 11) is 0. The van der Waals surface area contributed by atoms with Crippen LogP contribution in [-0.2, 0) is 6.54 Å². The van der Waals surface area contributed by atoms with Gasteiger partial charge in [-0.3, -0.25) is 19.6 Å². The van der Waals surface area contributed by atoms with Crippen LogP contribution in [0.25, 0.3) is 0 Å². The zero-order chi connectivity index (χ0) is 15.7. The maximum atomic E-state index is 13.6. The van der Waals surface area contributed by atoms with Gasteiger partial charge >= 0.3 is 5.69 Å². The van der Waals surface area contributed by atoms with Crippen molar-refractivity contribution in [2.75, 3.05) is 0 Å². The number of Topliss-reactive ketones (excluding diaryl/α,β-unsaturated/α-hetero) is 1. The highest BCUT2D eigenvalue weighted by Gasteiger charge is 2.17. The number of aryl methyl sites for hydroxylation is 1.